The number of nitrogens with zero attached hydrogens (tertiary/aromatic N) is 4. The van der Waals surface area contributed by atoms with Gasteiger partial charge in [-0.15, -0.1) is 10.2 Å². The molecule has 1 heterocycles. The van der Waals surface area contributed by atoms with E-state index in [1.54, 1.807) is 24.3 Å². The zero-order valence-electron chi connectivity index (χ0n) is 12.0. The Morgan fingerprint density at radius 1 is 1.38 bits per heavy atom. The predicted molar refractivity (Wildman–Crippen MR) is 80.8 cm³/mol. The van der Waals surface area contributed by atoms with Crippen LogP contribution >= 0.6 is 11.8 Å². The molecule has 6 nitrogen and oxygen atoms in total. The SMILES string of the molecule is Cc1nnc(S[C@@H](C)C(=O)Nc2ccc(C#N)cc2)n1C. The van der Waals surface area contributed by atoms with Crippen LogP contribution in [0.15, 0.2) is 29.4 Å². The number of nitriles is 1. The maximum absolute atomic E-state index is 12.1. The first-order chi connectivity index (χ1) is 10.0. The second kappa shape index (κ2) is 6.41. The van der Waals surface area contributed by atoms with Crippen LogP contribution in [-0.4, -0.2) is 25.9 Å². The van der Waals surface area contributed by atoms with Crippen LogP contribution in [0.4, 0.5) is 5.69 Å². The number of aryl methyl sites for hydroxylation is 1. The van der Waals surface area contributed by atoms with E-state index >= 15 is 0 Å². The van der Waals surface area contributed by atoms with Crippen LogP contribution in [-0.2, 0) is 11.8 Å². The lowest BCUT2D eigenvalue weighted by Gasteiger charge is -2.11. The second-order valence-corrected chi connectivity index (χ2v) is 5.84. The molecule has 0 aliphatic heterocycles. The summed E-state index contributed by atoms with van der Waals surface area (Å²) in [6, 6.07) is 8.79. The van der Waals surface area contributed by atoms with Gasteiger partial charge in [-0.1, -0.05) is 11.8 Å². The zero-order chi connectivity index (χ0) is 15.4. The van der Waals surface area contributed by atoms with Crippen LogP contribution in [0.25, 0.3) is 0 Å². The van der Waals surface area contributed by atoms with Gasteiger partial charge in [-0.2, -0.15) is 5.26 Å². The third kappa shape index (κ3) is 3.61. The van der Waals surface area contributed by atoms with E-state index in [1.165, 1.54) is 11.8 Å². The number of carbonyl (C=O) groups excluding carboxylic acids is 1. The normalized spacial score (nSPS) is 11.7. The monoisotopic (exact) mass is 301 g/mol. The van der Waals surface area contributed by atoms with Crippen LogP contribution < -0.4 is 5.32 Å². The van der Waals surface area contributed by atoms with Crippen LogP contribution in [0.2, 0.25) is 0 Å². The number of nitrogens with one attached hydrogen (secondary N) is 1. The molecular formula is C14H15N5OS. The minimum atomic E-state index is -0.303. The predicted octanol–water partition coefficient (Wildman–Crippen LogP) is 2.11. The molecule has 0 saturated carbocycles. The summed E-state index contributed by atoms with van der Waals surface area (Å²) in [5.41, 5.74) is 1.23. The van der Waals surface area contributed by atoms with E-state index in [0.29, 0.717) is 16.4 Å². The summed E-state index contributed by atoms with van der Waals surface area (Å²) in [5.74, 6) is 0.683. The molecule has 1 amide bonds. The number of amides is 1. The van der Waals surface area contributed by atoms with E-state index < -0.39 is 0 Å². The maximum Gasteiger partial charge on any atom is 0.237 e. The van der Waals surface area contributed by atoms with Crippen molar-refractivity contribution in [3.05, 3.63) is 35.7 Å². The fraction of sp³-hybridized carbons (Fsp3) is 0.286. The standard InChI is InChI=1S/C14H15N5OS/c1-9(21-14-18-17-10(2)19(14)3)13(20)16-12-6-4-11(8-15)5-7-12/h4-7,9H,1-3H3,(H,16,20)/t9-/m0/s1. The van der Waals surface area contributed by atoms with Gasteiger partial charge in [0.05, 0.1) is 16.9 Å². The number of hydrogen-bond donors (Lipinski definition) is 1. The number of thioether (sulfide) groups is 1. The number of aromatic nitrogens is 3. The van der Waals surface area contributed by atoms with Crippen molar-refractivity contribution >= 4 is 23.4 Å². The summed E-state index contributed by atoms with van der Waals surface area (Å²) in [6.45, 7) is 3.67. The van der Waals surface area contributed by atoms with Gasteiger partial charge in [-0.05, 0) is 38.1 Å². The van der Waals surface area contributed by atoms with Gasteiger partial charge < -0.3 is 9.88 Å². The van der Waals surface area contributed by atoms with Crippen molar-refractivity contribution < 1.29 is 4.79 Å². The third-order valence-corrected chi connectivity index (χ3v) is 4.12. The molecular weight excluding hydrogens is 286 g/mol. The Hall–Kier alpha value is -2.33. The molecule has 0 saturated heterocycles. The van der Waals surface area contributed by atoms with Gasteiger partial charge in [0.15, 0.2) is 5.16 Å². The molecule has 2 rings (SSSR count). The molecule has 1 atom stereocenters. The minimum Gasteiger partial charge on any atom is -0.325 e. The van der Waals surface area contributed by atoms with Gasteiger partial charge in [-0.3, -0.25) is 4.79 Å². The van der Waals surface area contributed by atoms with E-state index in [-0.39, 0.29) is 11.2 Å². The van der Waals surface area contributed by atoms with Crippen molar-refractivity contribution in [2.45, 2.75) is 24.3 Å². The number of rotatable bonds is 4. The van der Waals surface area contributed by atoms with E-state index in [1.807, 2.05) is 31.5 Å². The minimum absolute atomic E-state index is 0.120. The first kappa shape index (κ1) is 15.1. The number of carbonyl (C=O) groups is 1. The lowest BCUT2D eigenvalue weighted by atomic mass is 10.2. The molecule has 0 aliphatic carbocycles. The summed E-state index contributed by atoms with van der Waals surface area (Å²) < 4.78 is 1.84. The Morgan fingerprint density at radius 2 is 2.05 bits per heavy atom. The van der Waals surface area contributed by atoms with Crippen molar-refractivity contribution in [3.8, 4) is 6.07 Å². The Labute approximate surface area is 127 Å². The number of hydrogen-bond acceptors (Lipinski definition) is 5. The fourth-order valence-corrected chi connectivity index (χ4v) is 2.43. The molecule has 2 aromatic rings. The molecule has 0 aliphatic rings. The van der Waals surface area contributed by atoms with Crippen LogP contribution in [0, 0.1) is 18.3 Å². The lowest BCUT2D eigenvalue weighted by Crippen LogP contribution is -2.22. The average Bonchev–Trinajstić information content (AvgIpc) is 2.80. The highest BCUT2D eigenvalue weighted by atomic mass is 32.2. The summed E-state index contributed by atoms with van der Waals surface area (Å²) in [4.78, 5) is 12.1. The molecule has 0 fully saturated rings. The molecule has 0 unspecified atom stereocenters. The molecule has 1 N–H and O–H groups in total. The largest absolute Gasteiger partial charge is 0.325 e. The summed E-state index contributed by atoms with van der Waals surface area (Å²) in [5, 5.41) is 19.9. The van der Waals surface area contributed by atoms with Crippen LogP contribution in [0.5, 0.6) is 0 Å². The van der Waals surface area contributed by atoms with Gasteiger partial charge in [0, 0.05) is 12.7 Å². The van der Waals surface area contributed by atoms with Crippen molar-refractivity contribution in [2.24, 2.45) is 7.05 Å². The van der Waals surface area contributed by atoms with Crippen molar-refractivity contribution in [1.29, 1.82) is 5.26 Å². The Bertz CT molecular complexity index is 686. The molecule has 7 heteroatoms. The van der Waals surface area contributed by atoms with Crippen molar-refractivity contribution in [2.75, 3.05) is 5.32 Å². The Kier molecular flexibility index (Phi) is 4.60. The molecule has 0 radical (unpaired) electrons. The molecule has 0 spiro atoms. The lowest BCUT2D eigenvalue weighted by molar-refractivity contribution is -0.115. The van der Waals surface area contributed by atoms with E-state index in [9.17, 15) is 4.79 Å². The summed E-state index contributed by atoms with van der Waals surface area (Å²) in [7, 11) is 1.86. The highest BCUT2D eigenvalue weighted by Gasteiger charge is 2.18. The Balaban J connectivity index is 1.99. The zero-order valence-corrected chi connectivity index (χ0v) is 12.8. The quantitative estimate of drug-likeness (QED) is 0.874. The number of benzene rings is 1. The third-order valence-electron chi connectivity index (χ3n) is 2.99. The molecule has 0 bridgehead atoms. The molecule has 21 heavy (non-hydrogen) atoms. The summed E-state index contributed by atoms with van der Waals surface area (Å²) >= 11 is 1.35. The van der Waals surface area contributed by atoms with Crippen LogP contribution in [0.3, 0.4) is 0 Å². The van der Waals surface area contributed by atoms with Gasteiger partial charge in [0.1, 0.15) is 5.82 Å². The highest BCUT2D eigenvalue weighted by molar-refractivity contribution is 8.00. The van der Waals surface area contributed by atoms with E-state index in [0.717, 1.165) is 5.82 Å². The second-order valence-electron chi connectivity index (χ2n) is 4.53. The molecule has 1 aromatic carbocycles. The van der Waals surface area contributed by atoms with Crippen molar-refractivity contribution in [1.82, 2.24) is 14.8 Å². The smallest absolute Gasteiger partial charge is 0.237 e. The maximum atomic E-state index is 12.1. The number of anilines is 1. The molecule has 108 valence electrons. The van der Waals surface area contributed by atoms with Crippen LogP contribution in [0.1, 0.15) is 18.3 Å². The highest BCUT2D eigenvalue weighted by Crippen LogP contribution is 2.22. The van der Waals surface area contributed by atoms with Gasteiger partial charge in [0.2, 0.25) is 5.91 Å². The summed E-state index contributed by atoms with van der Waals surface area (Å²) in [6.07, 6.45) is 0. The fourth-order valence-electron chi connectivity index (χ4n) is 1.57. The van der Waals surface area contributed by atoms with Gasteiger partial charge in [0.25, 0.3) is 0 Å². The molecule has 1 aromatic heterocycles. The average molecular weight is 301 g/mol. The van der Waals surface area contributed by atoms with Gasteiger partial charge in [-0.25, -0.2) is 0 Å². The first-order valence-electron chi connectivity index (χ1n) is 6.35. The van der Waals surface area contributed by atoms with E-state index in [2.05, 4.69) is 15.5 Å². The first-order valence-corrected chi connectivity index (χ1v) is 7.23. The Morgan fingerprint density at radius 3 is 2.57 bits per heavy atom. The van der Waals surface area contributed by atoms with Gasteiger partial charge >= 0.3 is 0 Å². The topological polar surface area (TPSA) is 83.6 Å². The van der Waals surface area contributed by atoms with Crippen molar-refractivity contribution in [3.63, 3.8) is 0 Å². The van der Waals surface area contributed by atoms with E-state index in [4.69, 9.17) is 5.26 Å².